The molecule has 6 heteroatoms. The van der Waals surface area contributed by atoms with Crippen LogP contribution in [-0.2, 0) is 11.0 Å². The van der Waals surface area contributed by atoms with Crippen molar-refractivity contribution in [1.29, 1.82) is 0 Å². The molecule has 0 saturated carbocycles. The van der Waals surface area contributed by atoms with Gasteiger partial charge < -0.3 is 5.11 Å². The van der Waals surface area contributed by atoms with Gasteiger partial charge in [-0.3, -0.25) is 0 Å². The van der Waals surface area contributed by atoms with E-state index < -0.39 is 23.5 Å². The number of alkyl halides is 3. The predicted octanol–water partition coefficient (Wildman–Crippen LogP) is 4.61. The van der Waals surface area contributed by atoms with E-state index in [1.54, 1.807) is 0 Å². The number of carbonyl (C=O) groups is 1. The van der Waals surface area contributed by atoms with Gasteiger partial charge >= 0.3 is 12.1 Å². The first kappa shape index (κ1) is 15.8. The maximum absolute atomic E-state index is 13.9. The molecule has 1 N–H and O–H groups in total. The molecule has 0 radical (unpaired) electrons. The minimum absolute atomic E-state index is 0.0794. The van der Waals surface area contributed by atoms with Gasteiger partial charge in [-0.15, -0.1) is 0 Å². The third-order valence-corrected chi connectivity index (χ3v) is 2.95. The normalized spacial score (nSPS) is 11.8. The lowest BCUT2D eigenvalue weighted by Crippen LogP contribution is -2.04. The zero-order valence-electron chi connectivity index (χ0n) is 11.1. The summed E-state index contributed by atoms with van der Waals surface area (Å²) in [5.41, 5.74) is -0.602. The first-order chi connectivity index (χ1) is 10.3. The molecule has 2 rings (SSSR count). The second-order valence-corrected chi connectivity index (χ2v) is 4.45. The van der Waals surface area contributed by atoms with E-state index in [1.807, 2.05) is 0 Å². The third-order valence-electron chi connectivity index (χ3n) is 2.95. The van der Waals surface area contributed by atoms with E-state index in [-0.39, 0.29) is 16.7 Å². The molecular weight excluding hydrogens is 300 g/mol. The molecule has 0 aliphatic heterocycles. The van der Waals surface area contributed by atoms with Gasteiger partial charge in [-0.25, -0.2) is 9.18 Å². The summed E-state index contributed by atoms with van der Waals surface area (Å²) in [6, 6.07) is 8.32. The predicted molar refractivity (Wildman–Crippen MR) is 73.5 cm³/mol. The van der Waals surface area contributed by atoms with Gasteiger partial charge in [0.15, 0.2) is 0 Å². The van der Waals surface area contributed by atoms with E-state index in [2.05, 4.69) is 0 Å². The second kappa shape index (κ2) is 6.01. The Morgan fingerprint density at radius 3 is 2.41 bits per heavy atom. The standard InChI is InChI=1S/C16H10F4O2/c17-14-6-2-5-12(13(14)7-8-15(21)22)10-3-1-4-11(9-10)16(18,19)20/h1-9H,(H,21,22)/b8-7+. The molecule has 2 aromatic rings. The maximum Gasteiger partial charge on any atom is 0.416 e. The Balaban J connectivity index is 2.58. The largest absolute Gasteiger partial charge is 0.478 e. The molecule has 0 aliphatic rings. The van der Waals surface area contributed by atoms with Crippen LogP contribution < -0.4 is 0 Å². The molecule has 0 atom stereocenters. The molecular formula is C16H10F4O2. The quantitative estimate of drug-likeness (QED) is 0.664. The van der Waals surface area contributed by atoms with Crippen LogP contribution in [0, 0.1) is 5.82 Å². The van der Waals surface area contributed by atoms with Gasteiger partial charge in [-0.05, 0) is 35.4 Å². The number of halogens is 4. The van der Waals surface area contributed by atoms with Crippen molar-refractivity contribution >= 4 is 12.0 Å². The minimum Gasteiger partial charge on any atom is -0.478 e. The van der Waals surface area contributed by atoms with Crippen LogP contribution in [-0.4, -0.2) is 11.1 Å². The smallest absolute Gasteiger partial charge is 0.416 e. The van der Waals surface area contributed by atoms with Crippen molar-refractivity contribution in [3.63, 3.8) is 0 Å². The van der Waals surface area contributed by atoms with Crippen LogP contribution in [0.2, 0.25) is 0 Å². The van der Waals surface area contributed by atoms with E-state index >= 15 is 0 Å². The van der Waals surface area contributed by atoms with E-state index in [9.17, 15) is 22.4 Å². The van der Waals surface area contributed by atoms with Crippen molar-refractivity contribution in [2.45, 2.75) is 6.18 Å². The second-order valence-electron chi connectivity index (χ2n) is 4.45. The zero-order valence-corrected chi connectivity index (χ0v) is 11.1. The van der Waals surface area contributed by atoms with Crippen molar-refractivity contribution in [2.24, 2.45) is 0 Å². The molecule has 2 aromatic carbocycles. The number of carboxylic acid groups (broad SMARTS) is 1. The minimum atomic E-state index is -4.51. The molecule has 0 saturated heterocycles. The van der Waals surface area contributed by atoms with Gasteiger partial charge in [0.05, 0.1) is 5.56 Å². The summed E-state index contributed by atoms with van der Waals surface area (Å²) in [5.74, 6) is -1.99. The molecule has 2 nitrogen and oxygen atoms in total. The van der Waals surface area contributed by atoms with Gasteiger partial charge in [0.2, 0.25) is 0 Å². The topological polar surface area (TPSA) is 37.3 Å². The Kier molecular flexibility index (Phi) is 4.30. The Bertz CT molecular complexity index is 733. The molecule has 0 heterocycles. The van der Waals surface area contributed by atoms with Crippen LogP contribution in [0.3, 0.4) is 0 Å². The first-order valence-electron chi connectivity index (χ1n) is 6.16. The van der Waals surface area contributed by atoms with Crippen molar-refractivity contribution in [2.75, 3.05) is 0 Å². The van der Waals surface area contributed by atoms with Crippen LogP contribution in [0.4, 0.5) is 17.6 Å². The molecule has 0 aliphatic carbocycles. The number of carboxylic acids is 1. The maximum atomic E-state index is 13.9. The van der Waals surface area contributed by atoms with E-state index in [1.165, 1.54) is 24.3 Å². The summed E-state index contributed by atoms with van der Waals surface area (Å²) in [5, 5.41) is 8.62. The summed E-state index contributed by atoms with van der Waals surface area (Å²) < 4.78 is 52.1. The Morgan fingerprint density at radius 1 is 1.09 bits per heavy atom. The van der Waals surface area contributed by atoms with Crippen molar-refractivity contribution in [1.82, 2.24) is 0 Å². The summed E-state index contributed by atoms with van der Waals surface area (Å²) >= 11 is 0. The van der Waals surface area contributed by atoms with Gasteiger partial charge in [-0.1, -0.05) is 24.3 Å². The van der Waals surface area contributed by atoms with Crippen LogP contribution in [0.1, 0.15) is 11.1 Å². The summed E-state index contributed by atoms with van der Waals surface area (Å²) in [4.78, 5) is 10.6. The van der Waals surface area contributed by atoms with Gasteiger partial charge in [-0.2, -0.15) is 13.2 Å². The summed E-state index contributed by atoms with van der Waals surface area (Å²) in [7, 11) is 0. The highest BCUT2D eigenvalue weighted by molar-refractivity contribution is 5.88. The fourth-order valence-electron chi connectivity index (χ4n) is 1.98. The molecule has 114 valence electrons. The lowest BCUT2D eigenvalue weighted by Gasteiger charge is -2.11. The number of hydrogen-bond acceptors (Lipinski definition) is 1. The Hall–Kier alpha value is -2.63. The molecule has 22 heavy (non-hydrogen) atoms. The van der Waals surface area contributed by atoms with Crippen LogP contribution in [0.5, 0.6) is 0 Å². The van der Waals surface area contributed by atoms with Crippen LogP contribution in [0.15, 0.2) is 48.5 Å². The zero-order chi connectivity index (χ0) is 16.3. The van der Waals surface area contributed by atoms with Crippen molar-refractivity contribution in [3.05, 3.63) is 65.5 Å². The lowest BCUT2D eigenvalue weighted by molar-refractivity contribution is -0.137. The van der Waals surface area contributed by atoms with E-state index in [4.69, 9.17) is 5.11 Å². The summed E-state index contributed by atoms with van der Waals surface area (Å²) in [6.07, 6.45) is -2.76. The average Bonchev–Trinajstić information content (AvgIpc) is 2.45. The van der Waals surface area contributed by atoms with E-state index in [0.717, 1.165) is 30.4 Å². The lowest BCUT2D eigenvalue weighted by atomic mass is 9.97. The highest BCUT2D eigenvalue weighted by Gasteiger charge is 2.30. The monoisotopic (exact) mass is 310 g/mol. The van der Waals surface area contributed by atoms with E-state index in [0.29, 0.717) is 0 Å². The van der Waals surface area contributed by atoms with Crippen molar-refractivity contribution < 1.29 is 27.5 Å². The Labute approximate surface area is 123 Å². The molecule has 0 aromatic heterocycles. The number of hydrogen-bond donors (Lipinski definition) is 1. The fraction of sp³-hybridized carbons (Fsp3) is 0.0625. The SMILES string of the molecule is O=C(O)/C=C/c1c(F)cccc1-c1cccc(C(F)(F)F)c1. The molecule has 0 unspecified atom stereocenters. The summed E-state index contributed by atoms with van der Waals surface area (Å²) in [6.45, 7) is 0. The highest BCUT2D eigenvalue weighted by Crippen LogP contribution is 2.34. The number of aliphatic carboxylic acids is 1. The number of rotatable bonds is 3. The highest BCUT2D eigenvalue weighted by atomic mass is 19.4. The fourth-order valence-corrected chi connectivity index (χ4v) is 1.98. The molecule has 0 bridgehead atoms. The average molecular weight is 310 g/mol. The van der Waals surface area contributed by atoms with Gasteiger partial charge in [0, 0.05) is 11.6 Å². The van der Waals surface area contributed by atoms with Crippen LogP contribution >= 0.6 is 0 Å². The molecule has 0 fully saturated rings. The van der Waals surface area contributed by atoms with Gasteiger partial charge in [0.1, 0.15) is 5.82 Å². The molecule has 0 amide bonds. The molecule has 0 spiro atoms. The van der Waals surface area contributed by atoms with Crippen LogP contribution in [0.25, 0.3) is 17.2 Å². The van der Waals surface area contributed by atoms with Gasteiger partial charge in [0.25, 0.3) is 0 Å². The Morgan fingerprint density at radius 2 is 1.77 bits per heavy atom. The van der Waals surface area contributed by atoms with Crippen molar-refractivity contribution in [3.8, 4) is 11.1 Å². The number of benzene rings is 2. The first-order valence-corrected chi connectivity index (χ1v) is 6.16. The third kappa shape index (κ3) is 3.52.